The molecule has 1 aromatic carbocycles. The number of benzene rings is 1. The first-order chi connectivity index (χ1) is 11.2. The molecule has 1 amide bonds. The van der Waals surface area contributed by atoms with Crippen molar-refractivity contribution in [2.24, 2.45) is 5.41 Å². The van der Waals surface area contributed by atoms with Gasteiger partial charge in [-0.15, -0.1) is 0 Å². The van der Waals surface area contributed by atoms with Gasteiger partial charge in [0.25, 0.3) is 5.69 Å². The maximum Gasteiger partial charge on any atom is 0.269 e. The second kappa shape index (κ2) is 7.27. The number of carbonyl (C=O) groups is 1. The molecule has 1 aromatic rings. The molecule has 0 aromatic heterocycles. The highest BCUT2D eigenvalue weighted by molar-refractivity contribution is 5.81. The number of amides is 1. The Bertz CT molecular complexity index is 604. The molecular weight excluding hydrogens is 310 g/mol. The molecule has 1 fully saturated rings. The third kappa shape index (κ3) is 4.52. The fourth-order valence-corrected chi connectivity index (χ4v) is 2.80. The molecule has 0 aliphatic carbocycles. The Morgan fingerprint density at radius 2 is 1.92 bits per heavy atom. The third-order valence-corrected chi connectivity index (χ3v) is 4.20. The van der Waals surface area contributed by atoms with E-state index in [0.717, 1.165) is 0 Å². The first kappa shape index (κ1) is 18.4. The van der Waals surface area contributed by atoms with E-state index in [9.17, 15) is 20.0 Å². The zero-order valence-corrected chi connectivity index (χ0v) is 14.4. The van der Waals surface area contributed by atoms with Crippen molar-refractivity contribution in [1.82, 2.24) is 9.80 Å². The van der Waals surface area contributed by atoms with Crippen LogP contribution in [0.2, 0.25) is 0 Å². The summed E-state index contributed by atoms with van der Waals surface area (Å²) in [5, 5.41) is 21.2. The first-order valence-electron chi connectivity index (χ1n) is 8.12. The van der Waals surface area contributed by atoms with Gasteiger partial charge in [-0.3, -0.25) is 19.8 Å². The summed E-state index contributed by atoms with van der Waals surface area (Å²) in [7, 11) is 0. The normalized spacial score (nSPS) is 17.6. The summed E-state index contributed by atoms with van der Waals surface area (Å²) < 4.78 is 0. The van der Waals surface area contributed by atoms with Crippen molar-refractivity contribution >= 4 is 11.6 Å². The van der Waals surface area contributed by atoms with Crippen LogP contribution in [-0.2, 0) is 4.79 Å². The number of aliphatic hydroxyl groups is 1. The molecule has 24 heavy (non-hydrogen) atoms. The molecule has 1 aliphatic heterocycles. The number of carbonyl (C=O) groups excluding carboxylic acids is 1. The van der Waals surface area contributed by atoms with Crippen molar-refractivity contribution in [3.05, 3.63) is 39.9 Å². The van der Waals surface area contributed by atoms with Gasteiger partial charge >= 0.3 is 0 Å². The second-order valence-corrected chi connectivity index (χ2v) is 7.21. The Kier molecular flexibility index (Phi) is 5.56. The van der Waals surface area contributed by atoms with Crippen LogP contribution in [0.5, 0.6) is 0 Å². The Balaban J connectivity index is 1.91. The van der Waals surface area contributed by atoms with Crippen LogP contribution >= 0.6 is 0 Å². The van der Waals surface area contributed by atoms with E-state index >= 15 is 0 Å². The highest BCUT2D eigenvalue weighted by Crippen LogP contribution is 2.22. The predicted octanol–water partition coefficient (Wildman–Crippen LogP) is 1.82. The van der Waals surface area contributed by atoms with Gasteiger partial charge in [0.05, 0.1) is 11.0 Å². The van der Waals surface area contributed by atoms with E-state index in [0.29, 0.717) is 38.3 Å². The van der Waals surface area contributed by atoms with Gasteiger partial charge in [0.1, 0.15) is 0 Å². The smallest absolute Gasteiger partial charge is 0.269 e. The lowest BCUT2D eigenvalue weighted by Crippen LogP contribution is -2.52. The maximum atomic E-state index is 12.3. The molecule has 1 unspecified atom stereocenters. The SMILES string of the molecule is CC(C)(C)C(=O)N1CCN(CC(O)c2cccc([N+](=O)[O-])c2)CC1. The zero-order valence-electron chi connectivity index (χ0n) is 14.4. The third-order valence-electron chi connectivity index (χ3n) is 4.20. The number of hydrogen-bond donors (Lipinski definition) is 1. The average Bonchev–Trinajstić information content (AvgIpc) is 2.54. The van der Waals surface area contributed by atoms with Crippen LogP contribution in [0, 0.1) is 15.5 Å². The number of aliphatic hydroxyl groups excluding tert-OH is 1. The summed E-state index contributed by atoms with van der Waals surface area (Å²) in [6.45, 7) is 8.78. The molecule has 0 radical (unpaired) electrons. The Labute approximate surface area is 142 Å². The number of nitro groups is 1. The van der Waals surface area contributed by atoms with Crippen LogP contribution in [0.15, 0.2) is 24.3 Å². The number of hydrogen-bond acceptors (Lipinski definition) is 5. The highest BCUT2D eigenvalue weighted by atomic mass is 16.6. The first-order valence-corrected chi connectivity index (χ1v) is 8.12. The van der Waals surface area contributed by atoms with Gasteiger partial charge in [-0.25, -0.2) is 0 Å². The van der Waals surface area contributed by atoms with E-state index in [1.807, 2.05) is 25.7 Å². The summed E-state index contributed by atoms with van der Waals surface area (Å²) >= 11 is 0. The van der Waals surface area contributed by atoms with Crippen molar-refractivity contribution in [3.8, 4) is 0 Å². The quantitative estimate of drug-likeness (QED) is 0.670. The van der Waals surface area contributed by atoms with Gasteiger partial charge in [0.15, 0.2) is 0 Å². The summed E-state index contributed by atoms with van der Waals surface area (Å²) in [5.74, 6) is 0.140. The predicted molar refractivity (Wildman–Crippen MR) is 90.5 cm³/mol. The molecule has 7 heteroatoms. The van der Waals surface area contributed by atoms with Crippen molar-refractivity contribution in [3.63, 3.8) is 0 Å². The second-order valence-electron chi connectivity index (χ2n) is 7.21. The van der Waals surface area contributed by atoms with Gasteiger partial charge < -0.3 is 10.0 Å². The Hall–Kier alpha value is -1.99. The number of β-amino-alcohol motifs (C(OH)–C–C–N with tert-alkyl or cyclic N) is 1. The van der Waals surface area contributed by atoms with Crippen LogP contribution in [0.3, 0.4) is 0 Å². The van der Waals surface area contributed by atoms with Crippen LogP contribution in [-0.4, -0.2) is 58.5 Å². The summed E-state index contributed by atoms with van der Waals surface area (Å²) in [6, 6.07) is 6.09. The fourth-order valence-electron chi connectivity index (χ4n) is 2.80. The van der Waals surface area contributed by atoms with E-state index in [1.165, 1.54) is 12.1 Å². The van der Waals surface area contributed by atoms with E-state index in [1.54, 1.807) is 12.1 Å². The molecule has 1 atom stereocenters. The van der Waals surface area contributed by atoms with Gasteiger partial charge in [-0.1, -0.05) is 32.9 Å². The van der Waals surface area contributed by atoms with E-state index in [4.69, 9.17) is 0 Å². The van der Waals surface area contributed by atoms with E-state index in [-0.39, 0.29) is 17.0 Å². The monoisotopic (exact) mass is 335 g/mol. The van der Waals surface area contributed by atoms with Gasteiger partial charge in [0, 0.05) is 50.3 Å². The molecule has 0 bridgehead atoms. The number of nitro benzene ring substituents is 1. The summed E-state index contributed by atoms with van der Waals surface area (Å²) in [6.07, 6.45) is -0.783. The fraction of sp³-hybridized carbons (Fsp3) is 0.588. The largest absolute Gasteiger partial charge is 0.387 e. The number of nitrogens with zero attached hydrogens (tertiary/aromatic N) is 3. The van der Waals surface area contributed by atoms with Crippen molar-refractivity contribution in [2.75, 3.05) is 32.7 Å². The summed E-state index contributed by atoms with van der Waals surface area (Å²) in [5.41, 5.74) is 0.134. The molecule has 1 aliphatic rings. The standard InChI is InChI=1S/C17H25N3O4/c1-17(2,3)16(22)19-9-7-18(8-10-19)12-15(21)13-5-4-6-14(11-13)20(23)24/h4-6,11,15,21H,7-10,12H2,1-3H3. The molecular formula is C17H25N3O4. The van der Waals surface area contributed by atoms with Crippen LogP contribution in [0.25, 0.3) is 0 Å². The minimum atomic E-state index is -0.783. The van der Waals surface area contributed by atoms with E-state index in [2.05, 4.69) is 4.90 Å². The zero-order chi connectivity index (χ0) is 17.9. The van der Waals surface area contributed by atoms with Gasteiger partial charge in [-0.2, -0.15) is 0 Å². The van der Waals surface area contributed by atoms with Gasteiger partial charge in [-0.05, 0) is 5.56 Å². The molecule has 1 saturated heterocycles. The molecule has 0 saturated carbocycles. The van der Waals surface area contributed by atoms with Crippen molar-refractivity contribution in [2.45, 2.75) is 26.9 Å². The minimum Gasteiger partial charge on any atom is -0.387 e. The highest BCUT2D eigenvalue weighted by Gasteiger charge is 2.30. The van der Waals surface area contributed by atoms with Crippen molar-refractivity contribution in [1.29, 1.82) is 0 Å². The molecule has 7 nitrogen and oxygen atoms in total. The number of non-ortho nitro benzene ring substituents is 1. The van der Waals surface area contributed by atoms with Gasteiger partial charge in [0.2, 0.25) is 5.91 Å². The van der Waals surface area contributed by atoms with E-state index < -0.39 is 11.0 Å². The average molecular weight is 335 g/mol. The topological polar surface area (TPSA) is 86.9 Å². The Morgan fingerprint density at radius 3 is 2.46 bits per heavy atom. The summed E-state index contributed by atoms with van der Waals surface area (Å²) in [4.78, 5) is 26.6. The Morgan fingerprint density at radius 1 is 1.29 bits per heavy atom. The maximum absolute atomic E-state index is 12.3. The van der Waals surface area contributed by atoms with Crippen LogP contribution in [0.1, 0.15) is 32.4 Å². The van der Waals surface area contributed by atoms with Crippen LogP contribution in [0.4, 0.5) is 5.69 Å². The molecule has 1 N–H and O–H groups in total. The molecule has 0 spiro atoms. The molecule has 132 valence electrons. The number of piperazine rings is 1. The lowest BCUT2D eigenvalue weighted by atomic mass is 9.94. The lowest BCUT2D eigenvalue weighted by Gasteiger charge is -2.38. The van der Waals surface area contributed by atoms with Crippen LogP contribution < -0.4 is 0 Å². The molecule has 1 heterocycles. The van der Waals surface area contributed by atoms with Crippen molar-refractivity contribution < 1.29 is 14.8 Å². The molecule has 2 rings (SSSR count). The lowest BCUT2D eigenvalue weighted by molar-refractivity contribution is -0.385. The minimum absolute atomic E-state index is 0.0212. The number of rotatable bonds is 4.